The number of hydrogen-bond acceptors (Lipinski definition) is 7. The van der Waals surface area contributed by atoms with Crippen molar-refractivity contribution in [3.63, 3.8) is 0 Å². The topological polar surface area (TPSA) is 162 Å². The molecule has 0 fully saturated rings. The van der Waals surface area contributed by atoms with E-state index in [-0.39, 0.29) is 39.4 Å². The number of aromatic carboxylic acids is 1. The van der Waals surface area contributed by atoms with Gasteiger partial charge in [-0.05, 0) is 42.0 Å². The molecule has 1 aromatic heterocycles. The van der Waals surface area contributed by atoms with E-state index in [0.29, 0.717) is 11.1 Å². The number of carboxylic acids is 1. The van der Waals surface area contributed by atoms with E-state index in [1.54, 1.807) is 30.3 Å². The zero-order valence-electron chi connectivity index (χ0n) is 17.3. The van der Waals surface area contributed by atoms with E-state index < -0.39 is 21.9 Å². The lowest BCUT2D eigenvalue weighted by Gasteiger charge is -2.09. The van der Waals surface area contributed by atoms with E-state index in [1.807, 2.05) is 6.07 Å². The largest absolute Gasteiger partial charge is 0.478 e. The van der Waals surface area contributed by atoms with Crippen molar-refractivity contribution in [1.82, 2.24) is 5.16 Å². The maximum atomic E-state index is 12.8. The van der Waals surface area contributed by atoms with Gasteiger partial charge in [0.15, 0.2) is 0 Å². The molecule has 0 bridgehead atoms. The van der Waals surface area contributed by atoms with Crippen LogP contribution in [0.1, 0.15) is 32.0 Å². The second kappa shape index (κ2) is 9.05. The fourth-order valence-electron chi connectivity index (χ4n) is 3.26. The molecule has 4 aromatic rings. The van der Waals surface area contributed by atoms with Gasteiger partial charge in [-0.15, -0.1) is 0 Å². The second-order valence-electron chi connectivity index (χ2n) is 7.22. The molecule has 0 saturated carbocycles. The van der Waals surface area contributed by atoms with E-state index in [9.17, 15) is 23.1 Å². The summed E-state index contributed by atoms with van der Waals surface area (Å²) in [5.74, 6) is -2.59. The van der Waals surface area contributed by atoms with Crippen LogP contribution >= 0.6 is 0 Å². The minimum absolute atomic E-state index is 0.0410. The van der Waals surface area contributed by atoms with Gasteiger partial charge in [0.1, 0.15) is 5.52 Å². The van der Waals surface area contributed by atoms with Crippen LogP contribution in [0.4, 0.5) is 11.4 Å². The number of aromatic nitrogens is 1. The van der Waals surface area contributed by atoms with Crippen molar-refractivity contribution in [2.24, 2.45) is 0 Å². The highest BCUT2D eigenvalue weighted by atomic mass is 32.2. The molecule has 170 valence electrons. The molecule has 0 aliphatic carbocycles. The Balaban J connectivity index is 1.60. The molecule has 0 saturated heterocycles. The highest BCUT2D eigenvalue weighted by Gasteiger charge is 2.21. The number of amides is 1. The molecule has 0 aliphatic rings. The number of sulfonamides is 1. The minimum atomic E-state index is -3.74. The average molecular weight is 476 g/mol. The van der Waals surface area contributed by atoms with Crippen LogP contribution in [-0.2, 0) is 15.8 Å². The third kappa shape index (κ3) is 4.87. The molecule has 3 aromatic carbocycles. The summed E-state index contributed by atoms with van der Waals surface area (Å²) < 4.78 is 32.7. The minimum Gasteiger partial charge on any atom is -0.478 e. The predicted octanol–water partition coefficient (Wildman–Crippen LogP) is 3.59. The fraction of sp³-hybridized carbons (Fsp3) is 0.0435. The van der Waals surface area contributed by atoms with Crippen LogP contribution in [0.5, 0.6) is 0 Å². The summed E-state index contributed by atoms with van der Waals surface area (Å²) in [6.07, 6.45) is 0. The van der Waals surface area contributed by atoms with Crippen LogP contribution in [0.15, 0.2) is 71.3 Å². The van der Waals surface area contributed by atoms with E-state index in [4.69, 9.17) is 9.78 Å². The molecule has 34 heavy (non-hydrogen) atoms. The Labute approximate surface area is 193 Å². The van der Waals surface area contributed by atoms with Gasteiger partial charge in [-0.25, -0.2) is 13.2 Å². The molecule has 0 atom stereocenters. The van der Waals surface area contributed by atoms with Crippen LogP contribution in [0, 0.1) is 11.3 Å². The monoisotopic (exact) mass is 476 g/mol. The average Bonchev–Trinajstić information content (AvgIpc) is 3.22. The van der Waals surface area contributed by atoms with Crippen molar-refractivity contribution >= 4 is 44.2 Å². The summed E-state index contributed by atoms with van der Waals surface area (Å²) in [6.45, 7) is 0. The van der Waals surface area contributed by atoms with E-state index in [1.165, 1.54) is 30.3 Å². The summed E-state index contributed by atoms with van der Waals surface area (Å²) in [5.41, 5.74) is 0.914. The zero-order valence-corrected chi connectivity index (χ0v) is 18.2. The second-order valence-corrected chi connectivity index (χ2v) is 8.94. The normalized spacial score (nSPS) is 11.0. The summed E-state index contributed by atoms with van der Waals surface area (Å²) in [6, 6.07) is 18.6. The number of anilines is 2. The van der Waals surface area contributed by atoms with Crippen LogP contribution in [0.2, 0.25) is 0 Å². The number of carbonyl (C=O) groups is 2. The van der Waals surface area contributed by atoms with Crippen molar-refractivity contribution in [3.05, 3.63) is 89.2 Å². The van der Waals surface area contributed by atoms with E-state index in [0.717, 1.165) is 6.07 Å². The van der Waals surface area contributed by atoms with Crippen molar-refractivity contribution in [1.29, 1.82) is 5.26 Å². The highest BCUT2D eigenvalue weighted by Crippen LogP contribution is 2.25. The lowest BCUT2D eigenvalue weighted by Crippen LogP contribution is -2.15. The zero-order chi connectivity index (χ0) is 24.3. The smallest absolute Gasteiger partial charge is 0.337 e. The van der Waals surface area contributed by atoms with Gasteiger partial charge < -0.3 is 14.9 Å². The quantitative estimate of drug-likeness (QED) is 0.364. The Morgan fingerprint density at radius 2 is 1.82 bits per heavy atom. The van der Waals surface area contributed by atoms with Gasteiger partial charge in [-0.1, -0.05) is 35.5 Å². The molecule has 11 heteroatoms. The van der Waals surface area contributed by atoms with Gasteiger partial charge >= 0.3 is 5.97 Å². The highest BCUT2D eigenvalue weighted by molar-refractivity contribution is 7.91. The molecule has 1 heterocycles. The van der Waals surface area contributed by atoms with Crippen LogP contribution in [-0.4, -0.2) is 30.6 Å². The standard InChI is InChI=1S/C23H16N4O6S/c24-12-15-6-8-19(18(10-15)23(29)30)25-22(28)21-17-11-16(7-9-20(17)26-33-21)27-34(31,32)13-14-4-2-1-3-5-14/h1-11,27H,13H2,(H,25,28)(H,29,30). The number of nitriles is 1. The third-order valence-electron chi connectivity index (χ3n) is 4.78. The molecule has 10 nitrogen and oxygen atoms in total. The Bertz CT molecular complexity index is 1560. The lowest BCUT2D eigenvalue weighted by molar-refractivity contribution is 0.0698. The Morgan fingerprint density at radius 3 is 2.53 bits per heavy atom. The van der Waals surface area contributed by atoms with Gasteiger partial charge in [0.2, 0.25) is 15.8 Å². The summed E-state index contributed by atoms with van der Waals surface area (Å²) in [4.78, 5) is 24.3. The maximum absolute atomic E-state index is 12.8. The van der Waals surface area contributed by atoms with Gasteiger partial charge in [0, 0.05) is 5.69 Å². The van der Waals surface area contributed by atoms with E-state index in [2.05, 4.69) is 15.2 Å². The third-order valence-corrected chi connectivity index (χ3v) is 6.04. The van der Waals surface area contributed by atoms with Crippen LogP contribution in [0.3, 0.4) is 0 Å². The van der Waals surface area contributed by atoms with Crippen molar-refractivity contribution in [2.75, 3.05) is 10.0 Å². The molecule has 0 aliphatic heterocycles. The lowest BCUT2D eigenvalue weighted by atomic mass is 10.1. The number of nitrogens with zero attached hydrogens (tertiary/aromatic N) is 2. The van der Waals surface area contributed by atoms with Crippen molar-refractivity contribution in [3.8, 4) is 6.07 Å². The molecule has 3 N–H and O–H groups in total. The summed E-state index contributed by atoms with van der Waals surface area (Å²) >= 11 is 0. The number of carboxylic acid groups (broad SMARTS) is 1. The molecule has 4 rings (SSSR count). The first-order valence-electron chi connectivity index (χ1n) is 9.78. The number of fused-ring (bicyclic) bond motifs is 1. The first-order chi connectivity index (χ1) is 16.3. The fourth-order valence-corrected chi connectivity index (χ4v) is 4.45. The summed E-state index contributed by atoms with van der Waals surface area (Å²) in [5, 5.41) is 24.8. The van der Waals surface area contributed by atoms with Gasteiger partial charge in [0.05, 0.1) is 34.0 Å². The number of benzene rings is 3. The molecule has 0 unspecified atom stereocenters. The molecular weight excluding hydrogens is 460 g/mol. The van der Waals surface area contributed by atoms with Crippen molar-refractivity contribution in [2.45, 2.75) is 5.75 Å². The van der Waals surface area contributed by atoms with Crippen LogP contribution in [0.25, 0.3) is 10.9 Å². The molecule has 1 amide bonds. The van der Waals surface area contributed by atoms with Gasteiger partial charge in [0.25, 0.3) is 5.91 Å². The predicted molar refractivity (Wildman–Crippen MR) is 123 cm³/mol. The molecule has 0 radical (unpaired) electrons. The molecular formula is C23H16N4O6S. The Kier molecular flexibility index (Phi) is 5.99. The van der Waals surface area contributed by atoms with Crippen molar-refractivity contribution < 1.29 is 27.6 Å². The SMILES string of the molecule is N#Cc1ccc(NC(=O)c2onc3ccc(NS(=O)(=O)Cc4ccccc4)cc23)c(C(=O)O)c1. The van der Waals surface area contributed by atoms with Crippen LogP contribution < -0.4 is 10.0 Å². The number of rotatable bonds is 7. The Morgan fingerprint density at radius 1 is 1.06 bits per heavy atom. The number of carbonyl (C=O) groups excluding carboxylic acids is 1. The van der Waals surface area contributed by atoms with E-state index >= 15 is 0 Å². The Hall–Kier alpha value is -4.69. The first-order valence-corrected chi connectivity index (χ1v) is 11.4. The number of nitrogens with one attached hydrogen (secondary N) is 2. The first kappa shape index (κ1) is 22.5. The maximum Gasteiger partial charge on any atom is 0.337 e. The summed E-state index contributed by atoms with van der Waals surface area (Å²) in [7, 11) is -3.74. The van der Waals surface area contributed by atoms with Gasteiger partial charge in [-0.3, -0.25) is 9.52 Å². The molecule has 0 spiro atoms. The number of hydrogen-bond donors (Lipinski definition) is 3. The van der Waals surface area contributed by atoms with Gasteiger partial charge in [-0.2, -0.15) is 5.26 Å².